The average molecular weight is 441 g/mol. The summed E-state index contributed by atoms with van der Waals surface area (Å²) in [7, 11) is 2.01. The van der Waals surface area contributed by atoms with Crippen LogP contribution in [0.25, 0.3) is 11.4 Å². The molecule has 1 aliphatic heterocycles. The Morgan fingerprint density at radius 1 is 1.10 bits per heavy atom. The van der Waals surface area contributed by atoms with Crippen LogP contribution in [-0.2, 0) is 13.0 Å². The summed E-state index contributed by atoms with van der Waals surface area (Å²) in [5.74, 6) is 1.51. The Labute approximate surface area is 186 Å². The average Bonchev–Trinajstić information content (AvgIpc) is 2.79. The Bertz CT molecular complexity index is 1090. The van der Waals surface area contributed by atoms with Gasteiger partial charge in [-0.05, 0) is 25.1 Å². The molecule has 5 nitrogen and oxygen atoms in total. The first-order chi connectivity index (χ1) is 14.5. The Morgan fingerprint density at radius 2 is 1.87 bits per heavy atom. The fourth-order valence-electron chi connectivity index (χ4n) is 3.56. The van der Waals surface area contributed by atoms with E-state index in [0.717, 1.165) is 29.2 Å². The molecule has 0 fully saturated rings. The summed E-state index contributed by atoms with van der Waals surface area (Å²) in [4.78, 5) is 26.7. The van der Waals surface area contributed by atoms with Gasteiger partial charge >= 0.3 is 0 Å². The van der Waals surface area contributed by atoms with E-state index in [1.165, 1.54) is 0 Å². The van der Waals surface area contributed by atoms with Crippen molar-refractivity contribution in [2.24, 2.45) is 0 Å². The van der Waals surface area contributed by atoms with Gasteiger partial charge in [0.15, 0.2) is 5.82 Å². The Kier molecular flexibility index (Phi) is 5.93. The van der Waals surface area contributed by atoms with E-state index in [-0.39, 0.29) is 5.91 Å². The Morgan fingerprint density at radius 3 is 2.57 bits per heavy atom. The van der Waals surface area contributed by atoms with Gasteiger partial charge in [0.05, 0.1) is 22.3 Å². The van der Waals surface area contributed by atoms with E-state index in [1.54, 1.807) is 18.2 Å². The molecule has 1 aromatic heterocycles. The normalized spacial score (nSPS) is 13.1. The van der Waals surface area contributed by atoms with Gasteiger partial charge in [-0.25, -0.2) is 9.97 Å². The van der Waals surface area contributed by atoms with Crippen LogP contribution in [0.5, 0.6) is 0 Å². The molecule has 3 aromatic rings. The lowest BCUT2D eigenvalue weighted by Gasteiger charge is -2.31. The highest BCUT2D eigenvalue weighted by molar-refractivity contribution is 6.42. The van der Waals surface area contributed by atoms with Gasteiger partial charge in [0.2, 0.25) is 0 Å². The number of benzene rings is 2. The van der Waals surface area contributed by atoms with E-state index in [2.05, 4.69) is 11.8 Å². The number of hydrogen-bond donors (Lipinski definition) is 0. The second-order valence-electron chi connectivity index (χ2n) is 7.28. The molecule has 0 saturated carbocycles. The molecule has 0 spiro atoms. The number of aromatic nitrogens is 2. The van der Waals surface area contributed by atoms with Crippen molar-refractivity contribution in [2.45, 2.75) is 19.9 Å². The summed E-state index contributed by atoms with van der Waals surface area (Å²) in [5, 5.41) is 0.813. The number of anilines is 1. The van der Waals surface area contributed by atoms with Gasteiger partial charge in [-0.2, -0.15) is 0 Å². The largest absolute Gasteiger partial charge is 0.360 e. The zero-order valence-electron chi connectivity index (χ0n) is 16.9. The Balaban J connectivity index is 1.70. The second-order valence-corrected chi connectivity index (χ2v) is 8.10. The van der Waals surface area contributed by atoms with Crippen LogP contribution in [0.2, 0.25) is 10.0 Å². The number of hydrogen-bond acceptors (Lipinski definition) is 4. The van der Waals surface area contributed by atoms with Crippen LogP contribution in [0.15, 0.2) is 48.5 Å². The third-order valence-electron chi connectivity index (χ3n) is 5.36. The first-order valence-corrected chi connectivity index (χ1v) is 10.6. The first-order valence-electron chi connectivity index (χ1n) is 9.88. The molecule has 2 aromatic carbocycles. The van der Waals surface area contributed by atoms with Crippen LogP contribution < -0.4 is 4.90 Å². The van der Waals surface area contributed by atoms with Crippen LogP contribution in [0.1, 0.15) is 28.5 Å². The zero-order valence-corrected chi connectivity index (χ0v) is 18.4. The van der Waals surface area contributed by atoms with Crippen LogP contribution >= 0.6 is 23.2 Å². The van der Waals surface area contributed by atoms with E-state index in [1.807, 2.05) is 42.3 Å². The van der Waals surface area contributed by atoms with E-state index < -0.39 is 0 Å². The molecular weight excluding hydrogens is 419 g/mol. The molecule has 4 rings (SSSR count). The van der Waals surface area contributed by atoms with Gasteiger partial charge in [0.1, 0.15) is 5.82 Å². The fraction of sp³-hybridized carbons (Fsp3) is 0.261. The van der Waals surface area contributed by atoms with E-state index in [4.69, 9.17) is 33.2 Å². The molecule has 0 radical (unpaired) electrons. The highest BCUT2D eigenvalue weighted by Gasteiger charge is 2.27. The summed E-state index contributed by atoms with van der Waals surface area (Å²) in [5.41, 5.74) is 3.51. The quantitative estimate of drug-likeness (QED) is 0.565. The molecule has 1 aliphatic rings. The molecule has 0 N–H and O–H groups in total. The maximum Gasteiger partial charge on any atom is 0.254 e. The minimum Gasteiger partial charge on any atom is -0.360 e. The number of carbonyl (C=O) groups is 1. The third kappa shape index (κ3) is 4.00. The van der Waals surface area contributed by atoms with E-state index >= 15 is 0 Å². The van der Waals surface area contributed by atoms with Crippen LogP contribution in [0, 0.1) is 0 Å². The SMILES string of the molecule is CCN(C)c1nc(-c2ccccc2)nc2c1CN(C(=O)c1ccc(Cl)c(Cl)c1)CC2. The monoisotopic (exact) mass is 440 g/mol. The summed E-state index contributed by atoms with van der Waals surface area (Å²) < 4.78 is 0. The third-order valence-corrected chi connectivity index (χ3v) is 6.10. The van der Waals surface area contributed by atoms with Crippen molar-refractivity contribution in [1.82, 2.24) is 14.9 Å². The van der Waals surface area contributed by atoms with Gasteiger partial charge in [-0.15, -0.1) is 0 Å². The number of amides is 1. The fourth-order valence-corrected chi connectivity index (χ4v) is 3.86. The molecule has 0 bridgehead atoms. The molecule has 0 saturated heterocycles. The van der Waals surface area contributed by atoms with Crippen molar-refractivity contribution in [1.29, 1.82) is 0 Å². The van der Waals surface area contributed by atoms with Crippen molar-refractivity contribution in [3.05, 3.63) is 75.4 Å². The summed E-state index contributed by atoms with van der Waals surface area (Å²) >= 11 is 12.1. The number of rotatable bonds is 4. The molecular formula is C23H22Cl2N4O. The standard InChI is InChI=1S/C23H22Cl2N4O/c1-3-28(2)22-17-14-29(23(30)16-9-10-18(24)19(25)13-16)12-11-20(17)26-21(27-22)15-7-5-4-6-8-15/h4-10,13H,3,11-12,14H2,1-2H3. The number of nitrogens with zero attached hydrogens (tertiary/aromatic N) is 4. The molecule has 0 aliphatic carbocycles. The predicted molar refractivity (Wildman–Crippen MR) is 121 cm³/mol. The van der Waals surface area contributed by atoms with Crippen molar-refractivity contribution in [2.75, 3.05) is 25.0 Å². The first kappa shape index (κ1) is 20.6. The van der Waals surface area contributed by atoms with Gasteiger partial charge < -0.3 is 9.80 Å². The van der Waals surface area contributed by atoms with Crippen molar-refractivity contribution in [3.8, 4) is 11.4 Å². The molecule has 1 amide bonds. The van der Waals surface area contributed by atoms with Gasteiger partial charge in [-0.1, -0.05) is 53.5 Å². The van der Waals surface area contributed by atoms with Crippen LogP contribution in [0.4, 0.5) is 5.82 Å². The Hall–Kier alpha value is -2.63. The lowest BCUT2D eigenvalue weighted by Crippen LogP contribution is -2.38. The van der Waals surface area contributed by atoms with Gasteiger partial charge in [0, 0.05) is 43.2 Å². The summed E-state index contributed by atoms with van der Waals surface area (Å²) in [6.07, 6.45) is 0.676. The van der Waals surface area contributed by atoms with Crippen LogP contribution in [-0.4, -0.2) is 40.9 Å². The number of carbonyl (C=O) groups excluding carboxylic acids is 1. The summed E-state index contributed by atoms with van der Waals surface area (Å²) in [6.45, 7) is 3.94. The number of fused-ring (bicyclic) bond motifs is 1. The molecule has 0 atom stereocenters. The zero-order chi connectivity index (χ0) is 21.3. The van der Waals surface area contributed by atoms with Crippen molar-refractivity contribution in [3.63, 3.8) is 0 Å². The molecule has 30 heavy (non-hydrogen) atoms. The molecule has 154 valence electrons. The summed E-state index contributed by atoms with van der Waals surface area (Å²) in [6, 6.07) is 15.0. The lowest BCUT2D eigenvalue weighted by atomic mass is 10.0. The maximum atomic E-state index is 13.1. The van der Waals surface area contributed by atoms with E-state index in [9.17, 15) is 4.79 Å². The van der Waals surface area contributed by atoms with Crippen molar-refractivity contribution < 1.29 is 4.79 Å². The maximum absolute atomic E-state index is 13.1. The van der Waals surface area contributed by atoms with Gasteiger partial charge in [-0.3, -0.25) is 4.79 Å². The smallest absolute Gasteiger partial charge is 0.254 e. The van der Waals surface area contributed by atoms with Crippen LogP contribution in [0.3, 0.4) is 0 Å². The molecule has 2 heterocycles. The molecule has 7 heteroatoms. The topological polar surface area (TPSA) is 49.3 Å². The molecule has 0 unspecified atom stereocenters. The minimum atomic E-state index is -0.0727. The van der Waals surface area contributed by atoms with Crippen molar-refractivity contribution >= 4 is 34.9 Å². The van der Waals surface area contributed by atoms with E-state index in [0.29, 0.717) is 40.9 Å². The second kappa shape index (κ2) is 8.62. The highest BCUT2D eigenvalue weighted by atomic mass is 35.5. The highest BCUT2D eigenvalue weighted by Crippen LogP contribution is 2.30. The predicted octanol–water partition coefficient (Wildman–Crippen LogP) is 5.11. The number of halogens is 2. The minimum absolute atomic E-state index is 0.0727. The lowest BCUT2D eigenvalue weighted by molar-refractivity contribution is 0.0733. The van der Waals surface area contributed by atoms with Gasteiger partial charge in [0.25, 0.3) is 5.91 Å².